The molecule has 0 unspecified atom stereocenters. The van der Waals surface area contributed by atoms with Gasteiger partial charge in [-0.3, -0.25) is 55.6 Å². The first kappa shape index (κ1) is 99.9. The zero-order chi connectivity index (χ0) is 79.4. The molecular formula is C97H153N5O7. The molecule has 0 fully saturated rings. The highest BCUT2D eigenvalue weighted by Gasteiger charge is 2.35. The standard InChI is InChI=1S/2C26H37NO2.C19H36.C18H34O.C8H5NO2.H4N2/c2*1-2-3-4-5-6-7-8-9-10-11-12-13-14-15-16-19-22-27-25(28)23-20-17-18-21-24(23)26(27)29;1-3-5-7-9-11-13-15-17-19-18-16-14-12-10-8-6-4-2;1-2-3-4-5-6-7-8-9-10-11-12-13-14-15-16-17-18-19;10-7-5-3-1-2-4-6(5)8(11)9-7;1-2/h2*6-7,9-10,17-18,20-21H,2-5,8,11-16,19,22H2,1H3;11,13,17,19H,3-10,12,14-16,18H2,1-2H3;6-7,9-10,19H,2-5,8,11-18H2,1H3;1-4H,(H,9,10,11);1-2H2/b2*7-6-,10-9-;13-11-,19-17-;7-6-,10-9-;;. The number of hydrogen-bond acceptors (Lipinski definition) is 9. The van der Waals surface area contributed by atoms with E-state index in [0.717, 1.165) is 57.8 Å². The first-order valence-corrected chi connectivity index (χ1v) is 43.6. The van der Waals surface area contributed by atoms with E-state index in [1.54, 1.807) is 48.5 Å². The molecule has 109 heavy (non-hydrogen) atoms. The molecule has 0 spiro atoms. The van der Waals surface area contributed by atoms with Crippen molar-refractivity contribution < 1.29 is 33.9 Å². The minimum absolute atomic E-state index is 0.131. The van der Waals surface area contributed by atoms with E-state index in [9.17, 15) is 28.8 Å². The third kappa shape index (κ3) is 51.9. The quantitative estimate of drug-likeness (QED) is 0.0140. The maximum Gasteiger partial charge on any atom is 0.261 e. The van der Waals surface area contributed by atoms with Gasteiger partial charge in [-0.05, 0) is 184 Å². The van der Waals surface area contributed by atoms with Crippen LogP contribution in [-0.4, -0.2) is 70.0 Å². The van der Waals surface area contributed by atoms with Gasteiger partial charge in [0.2, 0.25) is 0 Å². The molecule has 0 aliphatic carbocycles. The first-order chi connectivity index (χ1) is 53.6. The number of allylic oxidation sites excluding steroid dienone is 16. The lowest BCUT2D eigenvalue weighted by Crippen LogP contribution is -2.30. The molecule has 0 aromatic heterocycles. The average Bonchev–Trinajstić information content (AvgIpc) is 1.67. The van der Waals surface area contributed by atoms with Crippen molar-refractivity contribution in [3.05, 3.63) is 203 Å². The van der Waals surface area contributed by atoms with Crippen LogP contribution in [0.15, 0.2) is 170 Å². The lowest BCUT2D eigenvalue weighted by atomic mass is 10.1. The number of carbonyl (C=O) groups is 6. The van der Waals surface area contributed by atoms with Gasteiger partial charge in [0.15, 0.2) is 0 Å². The molecule has 0 atom stereocenters. The lowest BCUT2D eigenvalue weighted by molar-refractivity contribution is 0.0636. The Morgan fingerprint density at radius 2 is 0.440 bits per heavy atom. The predicted octanol–water partition coefficient (Wildman–Crippen LogP) is 26.6. The van der Waals surface area contributed by atoms with Crippen LogP contribution in [0.5, 0.6) is 0 Å². The van der Waals surface area contributed by atoms with Gasteiger partial charge in [-0.1, -0.05) is 335 Å². The zero-order valence-electron chi connectivity index (χ0n) is 69.4. The van der Waals surface area contributed by atoms with E-state index < -0.39 is 0 Å². The number of benzene rings is 3. The summed E-state index contributed by atoms with van der Waals surface area (Å²) in [4.78, 5) is 73.9. The van der Waals surface area contributed by atoms with Crippen molar-refractivity contribution in [3.8, 4) is 0 Å². The Morgan fingerprint density at radius 1 is 0.257 bits per heavy atom. The van der Waals surface area contributed by atoms with Crippen molar-refractivity contribution in [1.82, 2.24) is 15.1 Å². The highest BCUT2D eigenvalue weighted by atomic mass is 16.3. The van der Waals surface area contributed by atoms with Gasteiger partial charge in [-0.15, -0.1) is 0 Å². The second-order valence-corrected chi connectivity index (χ2v) is 29.0. The van der Waals surface area contributed by atoms with E-state index in [1.807, 2.05) is 24.3 Å². The number of nitrogens with zero attached hydrogens (tertiary/aromatic N) is 2. The first-order valence-electron chi connectivity index (χ1n) is 43.6. The van der Waals surface area contributed by atoms with Crippen LogP contribution in [0.4, 0.5) is 0 Å². The minimum Gasteiger partial charge on any atom is -0.396 e. The maximum absolute atomic E-state index is 12.3. The van der Waals surface area contributed by atoms with Gasteiger partial charge in [0.25, 0.3) is 35.4 Å². The SMILES string of the molecule is CCCCC/C=C\C/C=C\CCCCCCCCC.CCCCC/C=C\C/C=C\CCCCCCCCN1C(=O)c2ccccc2C1=O.CCCCC/C=C\C/C=C\CCCCCCCCN1C(=O)c2ccccc2C1=O.CCCCC/C=C\C/C=C\CCCCCCCCO.NN.O=C1NC(=O)c2ccccc21. The summed E-state index contributed by atoms with van der Waals surface area (Å²) in [7, 11) is 0. The second-order valence-electron chi connectivity index (χ2n) is 29.0. The van der Waals surface area contributed by atoms with Gasteiger partial charge in [-0.25, -0.2) is 0 Å². The minimum atomic E-state index is -0.300. The topological polar surface area (TPSA) is 193 Å². The number of hydrazine groups is 1. The molecule has 6 amide bonds. The summed E-state index contributed by atoms with van der Waals surface area (Å²) >= 11 is 0. The molecule has 0 bridgehead atoms. The fourth-order valence-electron chi connectivity index (χ4n) is 12.9. The molecule has 3 heterocycles. The van der Waals surface area contributed by atoms with E-state index >= 15 is 0 Å². The van der Waals surface area contributed by atoms with E-state index in [4.69, 9.17) is 5.11 Å². The summed E-state index contributed by atoms with van der Waals surface area (Å²) in [5.41, 5.74) is 3.15. The number of rotatable bonds is 58. The number of aliphatic hydroxyl groups is 1. The molecular weight excluding hydrogens is 1350 g/mol. The number of nitrogens with one attached hydrogen (secondary N) is 1. The van der Waals surface area contributed by atoms with Gasteiger partial charge < -0.3 is 5.11 Å². The summed E-state index contributed by atoms with van der Waals surface area (Å²) in [5.74, 6) is 6.87. The van der Waals surface area contributed by atoms with Crippen LogP contribution in [-0.2, 0) is 0 Å². The van der Waals surface area contributed by atoms with Crippen molar-refractivity contribution in [3.63, 3.8) is 0 Å². The fraction of sp³-hybridized carbons (Fsp3) is 0.588. The van der Waals surface area contributed by atoms with E-state index in [1.165, 1.54) is 267 Å². The Labute approximate surface area is 664 Å². The Hall–Kier alpha value is -7.12. The average molecular weight is 1500 g/mol. The zero-order valence-corrected chi connectivity index (χ0v) is 69.4. The molecule has 3 aromatic rings. The summed E-state index contributed by atoms with van der Waals surface area (Å²) < 4.78 is 0. The highest BCUT2D eigenvalue weighted by molar-refractivity contribution is 6.22. The van der Waals surface area contributed by atoms with E-state index in [0.29, 0.717) is 53.1 Å². The molecule has 6 rings (SSSR count). The number of hydrogen-bond donors (Lipinski definition) is 4. The molecule has 0 radical (unpaired) electrons. The Bertz CT molecular complexity index is 2760. The largest absolute Gasteiger partial charge is 0.396 e. The molecule has 3 aliphatic rings. The van der Waals surface area contributed by atoms with Gasteiger partial charge >= 0.3 is 0 Å². The number of unbranched alkanes of at least 4 members (excludes halogenated alkanes) is 37. The van der Waals surface area contributed by atoms with Crippen LogP contribution in [0.3, 0.4) is 0 Å². The smallest absolute Gasteiger partial charge is 0.261 e. The van der Waals surface area contributed by atoms with E-state index in [2.05, 4.69) is 149 Å². The number of aliphatic hydroxyl groups excluding tert-OH is 1. The number of nitrogens with two attached hydrogens (primary N) is 2. The molecule has 608 valence electrons. The molecule has 12 nitrogen and oxygen atoms in total. The van der Waals surface area contributed by atoms with Gasteiger partial charge in [0.05, 0.1) is 33.4 Å². The van der Waals surface area contributed by atoms with Crippen LogP contribution >= 0.6 is 0 Å². The fourth-order valence-corrected chi connectivity index (χ4v) is 12.9. The van der Waals surface area contributed by atoms with Crippen molar-refractivity contribution in [2.75, 3.05) is 19.7 Å². The summed E-state index contributed by atoms with van der Waals surface area (Å²) in [6, 6.07) is 21.0. The van der Waals surface area contributed by atoms with Gasteiger partial charge in [0, 0.05) is 19.7 Å². The third-order valence-corrected chi connectivity index (χ3v) is 19.5. The van der Waals surface area contributed by atoms with Crippen molar-refractivity contribution in [2.24, 2.45) is 11.7 Å². The highest BCUT2D eigenvalue weighted by Crippen LogP contribution is 2.25. The molecule has 6 N–H and O–H groups in total. The van der Waals surface area contributed by atoms with Crippen LogP contribution in [0.1, 0.15) is 411 Å². The number of carbonyl (C=O) groups excluding carboxylic acids is 6. The Morgan fingerprint density at radius 3 is 0.670 bits per heavy atom. The second kappa shape index (κ2) is 74.9. The molecule has 12 heteroatoms. The Balaban J connectivity index is 0.000000699. The van der Waals surface area contributed by atoms with Gasteiger partial charge in [-0.2, -0.15) is 0 Å². The summed E-state index contributed by atoms with van der Waals surface area (Å²) in [6.07, 6.45) is 98.1. The van der Waals surface area contributed by atoms with Crippen LogP contribution in [0.25, 0.3) is 0 Å². The van der Waals surface area contributed by atoms with Crippen molar-refractivity contribution >= 4 is 35.4 Å². The van der Waals surface area contributed by atoms with Gasteiger partial charge in [0.1, 0.15) is 0 Å². The normalized spacial score (nSPS) is 13.1. The van der Waals surface area contributed by atoms with Crippen LogP contribution in [0.2, 0.25) is 0 Å². The number of amides is 6. The Kier molecular flexibility index (Phi) is 68.7. The van der Waals surface area contributed by atoms with Crippen molar-refractivity contribution in [1.29, 1.82) is 0 Å². The molecule has 3 aliphatic heterocycles. The number of fused-ring (bicyclic) bond motifs is 3. The summed E-state index contributed by atoms with van der Waals surface area (Å²) in [5, 5.41) is 10.9. The van der Waals surface area contributed by atoms with Crippen molar-refractivity contribution in [2.45, 2.75) is 349 Å². The predicted molar refractivity (Wildman–Crippen MR) is 465 cm³/mol. The lowest BCUT2D eigenvalue weighted by Gasteiger charge is -2.13. The number of imide groups is 3. The van der Waals surface area contributed by atoms with E-state index in [-0.39, 0.29) is 35.4 Å². The van der Waals surface area contributed by atoms with Crippen LogP contribution < -0.4 is 17.0 Å². The third-order valence-electron chi connectivity index (χ3n) is 19.5. The van der Waals surface area contributed by atoms with Crippen LogP contribution in [0, 0.1) is 0 Å². The monoisotopic (exact) mass is 1500 g/mol. The molecule has 0 saturated heterocycles. The maximum atomic E-state index is 12.3. The molecule has 0 saturated carbocycles. The molecule has 3 aromatic carbocycles. The summed E-state index contributed by atoms with van der Waals surface area (Å²) in [6.45, 7) is 12.7.